The molecule has 0 N–H and O–H groups in total. The third kappa shape index (κ3) is 3.92. The van der Waals surface area contributed by atoms with Crippen molar-refractivity contribution in [3.63, 3.8) is 0 Å². The van der Waals surface area contributed by atoms with Crippen molar-refractivity contribution in [2.24, 2.45) is 0 Å². The molecule has 0 radical (unpaired) electrons. The minimum atomic E-state index is 0. The molecule has 0 aromatic heterocycles. The SMILES string of the molecule is COc1cc2c(cc1OC)/C(=C\CCC#N)N(C)C(C)(C)C2.I. The first-order chi connectivity index (χ1) is 10.4. The van der Waals surface area contributed by atoms with Crippen LogP contribution in [0.5, 0.6) is 11.5 Å². The van der Waals surface area contributed by atoms with Crippen molar-refractivity contribution in [3.05, 3.63) is 29.3 Å². The Morgan fingerprint density at radius 3 is 2.43 bits per heavy atom. The molecule has 5 heteroatoms. The van der Waals surface area contributed by atoms with Crippen molar-refractivity contribution in [2.45, 2.75) is 38.6 Å². The summed E-state index contributed by atoms with van der Waals surface area (Å²) in [7, 11) is 5.42. The van der Waals surface area contributed by atoms with Gasteiger partial charge in [0.15, 0.2) is 11.5 Å². The molecule has 2 rings (SSSR count). The number of fused-ring (bicyclic) bond motifs is 1. The Morgan fingerprint density at radius 1 is 1.26 bits per heavy atom. The summed E-state index contributed by atoms with van der Waals surface area (Å²) in [6, 6.07) is 6.31. The maximum atomic E-state index is 8.78. The molecular formula is C18H25IN2O2. The third-order valence-electron chi connectivity index (χ3n) is 4.37. The van der Waals surface area contributed by atoms with Gasteiger partial charge in [0.2, 0.25) is 0 Å². The second-order valence-corrected chi connectivity index (χ2v) is 6.20. The van der Waals surface area contributed by atoms with Gasteiger partial charge in [-0.25, -0.2) is 0 Å². The summed E-state index contributed by atoms with van der Waals surface area (Å²) >= 11 is 0. The lowest BCUT2D eigenvalue weighted by Crippen LogP contribution is -2.45. The second kappa shape index (κ2) is 7.91. The zero-order chi connectivity index (χ0) is 16.3. The number of likely N-dealkylation sites (N-methyl/N-ethyl adjacent to an activating group) is 1. The van der Waals surface area contributed by atoms with Crippen LogP contribution in [0.1, 0.15) is 37.8 Å². The average molecular weight is 428 g/mol. The highest BCUT2D eigenvalue weighted by molar-refractivity contribution is 14.0. The molecule has 0 atom stereocenters. The maximum Gasteiger partial charge on any atom is 0.161 e. The van der Waals surface area contributed by atoms with Gasteiger partial charge in [0.1, 0.15) is 0 Å². The zero-order valence-electron chi connectivity index (χ0n) is 14.5. The summed E-state index contributed by atoms with van der Waals surface area (Å²) in [6.45, 7) is 4.45. The normalized spacial score (nSPS) is 17.0. The number of nitrogens with zero attached hydrogens (tertiary/aromatic N) is 2. The molecule has 23 heavy (non-hydrogen) atoms. The minimum absolute atomic E-state index is 0. The van der Waals surface area contributed by atoms with Crippen molar-refractivity contribution in [2.75, 3.05) is 21.3 Å². The monoisotopic (exact) mass is 428 g/mol. The standard InChI is InChI=1S/C18H24N2O2.HI/c1-18(2)12-13-10-16(21-4)17(22-5)11-14(13)15(20(18)3)8-6-7-9-19;/h8,10-11H,6-7,12H2,1-5H3;1H/b15-8+;. The molecular weight excluding hydrogens is 403 g/mol. The van der Waals surface area contributed by atoms with E-state index < -0.39 is 0 Å². The molecule has 4 nitrogen and oxygen atoms in total. The van der Waals surface area contributed by atoms with Gasteiger partial charge in [-0.3, -0.25) is 0 Å². The lowest BCUT2D eigenvalue weighted by atomic mass is 9.83. The van der Waals surface area contributed by atoms with Crippen molar-refractivity contribution in [1.29, 1.82) is 5.26 Å². The summed E-state index contributed by atoms with van der Waals surface area (Å²) in [4.78, 5) is 2.29. The number of methoxy groups -OCH3 is 2. The first kappa shape index (κ1) is 19.6. The van der Waals surface area contributed by atoms with Crippen LogP contribution in [0.25, 0.3) is 5.70 Å². The molecule has 0 aliphatic carbocycles. The van der Waals surface area contributed by atoms with Crippen LogP contribution < -0.4 is 9.47 Å². The fraction of sp³-hybridized carbons (Fsp3) is 0.500. The number of benzene rings is 1. The Balaban J connectivity index is 0.00000264. The van der Waals surface area contributed by atoms with E-state index in [0.29, 0.717) is 6.42 Å². The van der Waals surface area contributed by atoms with Crippen LogP contribution in [0.15, 0.2) is 18.2 Å². The zero-order valence-corrected chi connectivity index (χ0v) is 16.8. The fourth-order valence-electron chi connectivity index (χ4n) is 2.92. The number of rotatable bonds is 4. The average Bonchev–Trinajstić information content (AvgIpc) is 2.49. The Morgan fingerprint density at radius 2 is 1.87 bits per heavy atom. The fourth-order valence-corrected chi connectivity index (χ4v) is 2.92. The molecule has 1 aliphatic heterocycles. The summed E-state index contributed by atoms with van der Waals surface area (Å²) < 4.78 is 10.9. The summed E-state index contributed by atoms with van der Waals surface area (Å²) in [5.74, 6) is 1.50. The van der Waals surface area contributed by atoms with Crippen LogP contribution in [0, 0.1) is 11.3 Å². The molecule has 0 amide bonds. The highest BCUT2D eigenvalue weighted by Crippen LogP contribution is 2.42. The molecule has 0 saturated heterocycles. The van der Waals surface area contributed by atoms with Gasteiger partial charge in [-0.15, -0.1) is 24.0 Å². The van der Waals surface area contributed by atoms with Gasteiger partial charge >= 0.3 is 0 Å². The summed E-state index contributed by atoms with van der Waals surface area (Å²) in [5.41, 5.74) is 3.59. The third-order valence-corrected chi connectivity index (χ3v) is 4.37. The van der Waals surface area contributed by atoms with E-state index in [2.05, 4.69) is 44.0 Å². The van der Waals surface area contributed by atoms with Crippen LogP contribution in [-0.4, -0.2) is 31.7 Å². The number of hydrogen-bond acceptors (Lipinski definition) is 4. The molecule has 1 aromatic carbocycles. The Labute approximate surface area is 156 Å². The predicted octanol–water partition coefficient (Wildman–Crippen LogP) is 4.23. The van der Waals surface area contributed by atoms with E-state index in [1.165, 1.54) is 5.56 Å². The quantitative estimate of drug-likeness (QED) is 0.532. The molecule has 1 aliphatic rings. The van der Waals surface area contributed by atoms with E-state index >= 15 is 0 Å². The van der Waals surface area contributed by atoms with E-state index in [1.54, 1.807) is 14.2 Å². The van der Waals surface area contributed by atoms with Gasteiger partial charge in [-0.1, -0.05) is 6.08 Å². The highest BCUT2D eigenvalue weighted by atomic mass is 127. The number of allylic oxidation sites excluding steroid dienone is 1. The van der Waals surface area contributed by atoms with Crippen molar-refractivity contribution >= 4 is 29.7 Å². The topological polar surface area (TPSA) is 45.5 Å². The molecule has 0 bridgehead atoms. The molecule has 0 spiro atoms. The van der Waals surface area contributed by atoms with Gasteiger partial charge in [-0.05, 0) is 44.4 Å². The van der Waals surface area contributed by atoms with Gasteiger partial charge in [0, 0.05) is 30.3 Å². The van der Waals surface area contributed by atoms with Crippen molar-refractivity contribution in [3.8, 4) is 17.6 Å². The lowest BCUT2D eigenvalue weighted by molar-refractivity contribution is 0.227. The molecule has 0 fully saturated rings. The predicted molar refractivity (Wildman–Crippen MR) is 103 cm³/mol. The molecule has 0 saturated carbocycles. The first-order valence-corrected chi connectivity index (χ1v) is 7.51. The van der Waals surface area contributed by atoms with E-state index in [0.717, 1.165) is 35.6 Å². The van der Waals surface area contributed by atoms with Gasteiger partial charge in [-0.2, -0.15) is 5.26 Å². The van der Waals surface area contributed by atoms with Gasteiger partial charge in [0.25, 0.3) is 0 Å². The van der Waals surface area contributed by atoms with E-state index in [4.69, 9.17) is 14.7 Å². The maximum absolute atomic E-state index is 8.78. The molecule has 1 aromatic rings. The number of halogens is 1. The molecule has 1 heterocycles. The minimum Gasteiger partial charge on any atom is -0.493 e. The highest BCUT2D eigenvalue weighted by Gasteiger charge is 2.33. The largest absolute Gasteiger partial charge is 0.493 e. The van der Waals surface area contributed by atoms with Gasteiger partial charge in [0.05, 0.1) is 20.3 Å². The number of unbranched alkanes of at least 4 members (excludes halogenated alkanes) is 1. The van der Waals surface area contributed by atoms with Crippen LogP contribution in [0.4, 0.5) is 0 Å². The number of nitriles is 1. The summed E-state index contributed by atoms with van der Waals surface area (Å²) in [5, 5.41) is 8.78. The lowest BCUT2D eigenvalue weighted by Gasteiger charge is -2.44. The van der Waals surface area contributed by atoms with Crippen molar-refractivity contribution < 1.29 is 9.47 Å². The summed E-state index contributed by atoms with van der Waals surface area (Å²) in [6.07, 6.45) is 4.37. The first-order valence-electron chi connectivity index (χ1n) is 7.51. The Hall–Kier alpha value is -1.42. The second-order valence-electron chi connectivity index (χ2n) is 6.20. The van der Waals surface area contributed by atoms with E-state index in [-0.39, 0.29) is 29.5 Å². The van der Waals surface area contributed by atoms with E-state index in [9.17, 15) is 0 Å². The van der Waals surface area contributed by atoms with Crippen LogP contribution >= 0.6 is 24.0 Å². The smallest absolute Gasteiger partial charge is 0.161 e. The van der Waals surface area contributed by atoms with Crippen LogP contribution in [0.3, 0.4) is 0 Å². The molecule has 126 valence electrons. The van der Waals surface area contributed by atoms with Crippen LogP contribution in [-0.2, 0) is 6.42 Å². The van der Waals surface area contributed by atoms with Crippen LogP contribution in [0.2, 0.25) is 0 Å². The van der Waals surface area contributed by atoms with E-state index in [1.807, 2.05) is 6.07 Å². The Kier molecular flexibility index (Phi) is 6.75. The number of ether oxygens (including phenoxy) is 2. The number of hydrogen-bond donors (Lipinski definition) is 0. The van der Waals surface area contributed by atoms with Crippen molar-refractivity contribution in [1.82, 2.24) is 4.90 Å². The Bertz CT molecular complexity index is 633. The molecule has 0 unspecified atom stereocenters. The van der Waals surface area contributed by atoms with Gasteiger partial charge < -0.3 is 14.4 Å².